The van der Waals surface area contributed by atoms with E-state index in [-0.39, 0.29) is 0 Å². The predicted molar refractivity (Wildman–Crippen MR) is 61.8 cm³/mol. The Morgan fingerprint density at radius 1 is 0.941 bits per heavy atom. The fourth-order valence-electron chi connectivity index (χ4n) is 6.75. The fourth-order valence-corrected chi connectivity index (χ4v) is 6.75. The quantitative estimate of drug-likeness (QED) is 0.781. The van der Waals surface area contributed by atoms with E-state index in [0.717, 1.165) is 59.8 Å². The monoisotopic (exact) mass is 229 g/mol. The van der Waals surface area contributed by atoms with Crippen molar-refractivity contribution >= 4 is 5.91 Å². The first-order chi connectivity index (χ1) is 8.36. The van der Waals surface area contributed by atoms with E-state index in [4.69, 9.17) is 0 Å². The van der Waals surface area contributed by atoms with Gasteiger partial charge >= 0.3 is 0 Å². The molecule has 17 heavy (non-hydrogen) atoms. The van der Waals surface area contributed by atoms with E-state index in [0.29, 0.717) is 11.8 Å². The van der Waals surface area contributed by atoms with E-state index in [1.807, 2.05) is 0 Å². The lowest BCUT2D eigenvalue weighted by molar-refractivity contribution is -0.123. The number of rotatable bonds is 3. The van der Waals surface area contributed by atoms with Crippen LogP contribution in [0.4, 0.5) is 0 Å². The molecule has 0 saturated heterocycles. The van der Waals surface area contributed by atoms with Gasteiger partial charge in [-0.25, -0.2) is 0 Å². The molecule has 3 unspecified atom stereocenters. The second-order valence-electron chi connectivity index (χ2n) is 7.74. The number of nitrogens with one attached hydrogen (secondary N) is 1. The van der Waals surface area contributed by atoms with Crippen molar-refractivity contribution < 1.29 is 4.79 Å². The summed E-state index contributed by atoms with van der Waals surface area (Å²) >= 11 is 0. The molecule has 6 bridgehead atoms. The van der Waals surface area contributed by atoms with Gasteiger partial charge in [0.1, 0.15) is 0 Å². The van der Waals surface area contributed by atoms with Crippen LogP contribution in [-0.2, 0) is 4.79 Å². The summed E-state index contributed by atoms with van der Waals surface area (Å²) in [6.45, 7) is 0.975. The van der Waals surface area contributed by atoms with Crippen LogP contribution in [-0.4, -0.2) is 12.5 Å². The van der Waals surface area contributed by atoms with Crippen molar-refractivity contribution in [2.45, 2.75) is 19.3 Å². The minimum Gasteiger partial charge on any atom is -0.356 e. The third-order valence-electron chi connectivity index (χ3n) is 7.30. The first-order valence-electron chi connectivity index (χ1n) is 7.64. The van der Waals surface area contributed by atoms with Gasteiger partial charge in [-0.2, -0.15) is 0 Å². The lowest BCUT2D eigenvalue weighted by atomic mass is 9.91. The molecule has 7 aliphatic carbocycles. The molecular weight excluding hydrogens is 210 g/mol. The fraction of sp³-hybridized carbons (Fsp3) is 0.933. The zero-order valence-corrected chi connectivity index (χ0v) is 10.0. The van der Waals surface area contributed by atoms with Gasteiger partial charge in [-0.1, -0.05) is 0 Å². The predicted octanol–water partition coefficient (Wildman–Crippen LogP) is 1.52. The van der Waals surface area contributed by atoms with Gasteiger partial charge in [0.2, 0.25) is 5.91 Å². The number of hydrogen-bond donors (Lipinski definition) is 1. The van der Waals surface area contributed by atoms with E-state index in [2.05, 4.69) is 5.32 Å². The van der Waals surface area contributed by atoms with Crippen molar-refractivity contribution in [1.82, 2.24) is 5.32 Å². The Kier molecular flexibility index (Phi) is 1.16. The Labute approximate surface area is 102 Å². The average molecular weight is 229 g/mol. The molecule has 1 N–H and O–H groups in total. The van der Waals surface area contributed by atoms with Crippen molar-refractivity contribution in [3.8, 4) is 0 Å². The standard InChI is InChI=1S/C15H19NO/c17-15(16-4-5-1-2-5)14-12-10-7-3-6-8(10)9(6)11(7)13(12)14/h5-14H,1-4H2,(H,16,17)/t6?,7?,8-,9-,10-,11+,12+,13-,14?/m1/s1. The summed E-state index contributed by atoms with van der Waals surface area (Å²) in [5.74, 6) is 9.86. The maximum atomic E-state index is 12.2. The van der Waals surface area contributed by atoms with Crippen LogP contribution >= 0.6 is 0 Å². The SMILES string of the molecule is O=C(NCC1CC1)C1[C@@H]2[C@H]3C4CC5[C@H]([C@@H]53)[C@@H]4[C@H]12. The van der Waals surface area contributed by atoms with E-state index in [9.17, 15) is 4.79 Å². The largest absolute Gasteiger partial charge is 0.356 e. The van der Waals surface area contributed by atoms with Crippen LogP contribution in [0.2, 0.25) is 0 Å². The zero-order chi connectivity index (χ0) is 10.9. The third-order valence-corrected chi connectivity index (χ3v) is 7.30. The number of amides is 1. The number of carbonyl (C=O) groups is 1. The Morgan fingerprint density at radius 2 is 1.53 bits per heavy atom. The van der Waals surface area contributed by atoms with Crippen LogP contribution in [0.5, 0.6) is 0 Å². The first kappa shape index (κ1) is 8.55. The summed E-state index contributed by atoms with van der Waals surface area (Å²) in [6, 6.07) is 0. The zero-order valence-electron chi connectivity index (χ0n) is 10.0. The summed E-state index contributed by atoms with van der Waals surface area (Å²) in [4.78, 5) is 12.2. The Balaban J connectivity index is 1.22. The van der Waals surface area contributed by atoms with Crippen molar-refractivity contribution in [3.05, 3.63) is 0 Å². The third kappa shape index (κ3) is 0.794. The van der Waals surface area contributed by atoms with Crippen molar-refractivity contribution in [2.75, 3.05) is 6.54 Å². The van der Waals surface area contributed by atoms with E-state index < -0.39 is 0 Å². The Hall–Kier alpha value is -0.530. The highest BCUT2D eigenvalue weighted by Crippen LogP contribution is 2.89. The molecule has 9 atom stereocenters. The number of hydrogen-bond acceptors (Lipinski definition) is 1. The summed E-state index contributed by atoms with van der Waals surface area (Å²) in [5, 5.41) is 3.22. The molecule has 7 rings (SSSR count). The molecule has 0 radical (unpaired) electrons. The highest BCUT2D eigenvalue weighted by molar-refractivity contribution is 5.83. The molecular formula is C15H19NO. The molecule has 7 aliphatic rings. The highest BCUT2D eigenvalue weighted by Gasteiger charge is 2.87. The van der Waals surface area contributed by atoms with Gasteiger partial charge in [-0.05, 0) is 72.5 Å². The smallest absolute Gasteiger partial charge is 0.223 e. The lowest BCUT2D eigenvalue weighted by Gasteiger charge is -2.16. The molecule has 0 aromatic heterocycles. The second-order valence-corrected chi connectivity index (χ2v) is 7.74. The molecule has 2 nitrogen and oxygen atoms in total. The Morgan fingerprint density at radius 3 is 2.06 bits per heavy atom. The van der Waals surface area contributed by atoms with E-state index in [1.165, 1.54) is 12.8 Å². The summed E-state index contributed by atoms with van der Waals surface area (Å²) in [7, 11) is 0. The molecule has 0 aromatic rings. The topological polar surface area (TPSA) is 29.1 Å². The maximum absolute atomic E-state index is 12.2. The number of carbonyl (C=O) groups excluding carboxylic acids is 1. The summed E-state index contributed by atoms with van der Waals surface area (Å²) < 4.78 is 0. The van der Waals surface area contributed by atoms with Gasteiger partial charge in [0.25, 0.3) is 0 Å². The maximum Gasteiger partial charge on any atom is 0.223 e. The molecule has 0 heterocycles. The molecule has 7 saturated carbocycles. The van der Waals surface area contributed by atoms with Crippen LogP contribution in [0.3, 0.4) is 0 Å². The van der Waals surface area contributed by atoms with Crippen LogP contribution in [0, 0.1) is 59.2 Å². The number of fused-ring (bicyclic) bond motifs is 1. The highest BCUT2D eigenvalue weighted by atomic mass is 16.2. The van der Waals surface area contributed by atoms with Gasteiger partial charge in [0.05, 0.1) is 0 Å². The Bertz CT molecular complexity index is 418. The lowest BCUT2D eigenvalue weighted by Crippen LogP contribution is -2.30. The molecule has 2 heteroatoms. The molecule has 90 valence electrons. The summed E-state index contributed by atoms with van der Waals surface area (Å²) in [6.07, 6.45) is 4.24. The van der Waals surface area contributed by atoms with E-state index in [1.54, 1.807) is 6.42 Å². The van der Waals surface area contributed by atoms with Crippen molar-refractivity contribution in [1.29, 1.82) is 0 Å². The van der Waals surface area contributed by atoms with Crippen LogP contribution in [0.25, 0.3) is 0 Å². The van der Waals surface area contributed by atoms with Crippen molar-refractivity contribution in [2.24, 2.45) is 59.2 Å². The molecule has 1 amide bonds. The van der Waals surface area contributed by atoms with Gasteiger partial charge in [-0.15, -0.1) is 0 Å². The average Bonchev–Trinajstić information content (AvgIpc) is 3.28. The normalized spacial score (nSPS) is 66.9. The van der Waals surface area contributed by atoms with Crippen molar-refractivity contribution in [3.63, 3.8) is 0 Å². The second kappa shape index (κ2) is 2.31. The minimum atomic E-state index is 0.431. The van der Waals surface area contributed by atoms with Crippen LogP contribution in [0.15, 0.2) is 0 Å². The summed E-state index contributed by atoms with van der Waals surface area (Å²) in [5.41, 5.74) is 0. The first-order valence-corrected chi connectivity index (χ1v) is 7.64. The van der Waals surface area contributed by atoms with Gasteiger partial charge < -0.3 is 5.32 Å². The molecule has 0 aliphatic heterocycles. The van der Waals surface area contributed by atoms with Gasteiger partial charge in [-0.3, -0.25) is 4.79 Å². The molecule has 7 fully saturated rings. The van der Waals surface area contributed by atoms with Gasteiger partial charge in [0.15, 0.2) is 0 Å². The van der Waals surface area contributed by atoms with Crippen LogP contribution in [0.1, 0.15) is 19.3 Å². The van der Waals surface area contributed by atoms with Gasteiger partial charge in [0, 0.05) is 12.5 Å². The molecule has 0 spiro atoms. The minimum absolute atomic E-state index is 0.431. The molecule has 0 aromatic carbocycles. The van der Waals surface area contributed by atoms with E-state index >= 15 is 0 Å². The van der Waals surface area contributed by atoms with Crippen LogP contribution < -0.4 is 5.32 Å².